The molecule has 0 bridgehead atoms. The summed E-state index contributed by atoms with van der Waals surface area (Å²) in [7, 11) is 0. The fourth-order valence-electron chi connectivity index (χ4n) is 2.75. The molecule has 0 aliphatic carbocycles. The maximum atomic E-state index is 5.73. The molecule has 0 amide bonds. The Kier molecular flexibility index (Phi) is 5.57. The number of hydrogen-bond acceptors (Lipinski definition) is 2. The molecule has 20 heavy (non-hydrogen) atoms. The normalized spacial score (nSPS) is 13.0. The Morgan fingerprint density at radius 3 is 2.50 bits per heavy atom. The van der Waals surface area contributed by atoms with Crippen LogP contribution < -0.4 is 11.3 Å². The van der Waals surface area contributed by atoms with Gasteiger partial charge in [0.15, 0.2) is 0 Å². The Hall–Kier alpha value is -1.38. The minimum absolute atomic E-state index is 0.361. The zero-order valence-electron chi connectivity index (χ0n) is 12.6. The number of rotatable bonds is 7. The van der Waals surface area contributed by atoms with Crippen LogP contribution in [-0.4, -0.2) is 6.04 Å². The average molecular weight is 270 g/mol. The molecule has 0 radical (unpaired) electrons. The number of hydrazine groups is 1. The van der Waals surface area contributed by atoms with Gasteiger partial charge in [0.25, 0.3) is 0 Å². The van der Waals surface area contributed by atoms with Gasteiger partial charge >= 0.3 is 0 Å². The fourth-order valence-corrected chi connectivity index (χ4v) is 2.75. The fraction of sp³-hybridized carbons (Fsp3) is 0.444. The van der Waals surface area contributed by atoms with Crippen molar-refractivity contribution in [1.29, 1.82) is 0 Å². The van der Waals surface area contributed by atoms with Crippen LogP contribution in [0.3, 0.4) is 0 Å². The van der Waals surface area contributed by atoms with Crippen LogP contribution in [0, 0.1) is 5.92 Å². The Morgan fingerprint density at radius 1 is 1.00 bits per heavy atom. The highest BCUT2D eigenvalue weighted by Crippen LogP contribution is 2.21. The van der Waals surface area contributed by atoms with Gasteiger partial charge in [-0.15, -0.1) is 0 Å². The molecule has 2 rings (SSSR count). The second-order valence-corrected chi connectivity index (χ2v) is 6.03. The van der Waals surface area contributed by atoms with Gasteiger partial charge in [0.05, 0.1) is 0 Å². The second kappa shape index (κ2) is 7.41. The third-order valence-electron chi connectivity index (χ3n) is 3.92. The van der Waals surface area contributed by atoms with Gasteiger partial charge in [-0.3, -0.25) is 11.3 Å². The van der Waals surface area contributed by atoms with Crippen molar-refractivity contribution >= 4 is 10.8 Å². The van der Waals surface area contributed by atoms with Crippen molar-refractivity contribution < 1.29 is 0 Å². The van der Waals surface area contributed by atoms with Gasteiger partial charge in [0.2, 0.25) is 0 Å². The summed E-state index contributed by atoms with van der Waals surface area (Å²) in [4.78, 5) is 0. The first-order chi connectivity index (χ1) is 9.70. The lowest BCUT2D eigenvalue weighted by atomic mass is 9.95. The van der Waals surface area contributed by atoms with Gasteiger partial charge in [0.1, 0.15) is 0 Å². The van der Waals surface area contributed by atoms with Crippen LogP contribution in [0.2, 0.25) is 0 Å². The first-order valence-corrected chi connectivity index (χ1v) is 7.63. The summed E-state index contributed by atoms with van der Waals surface area (Å²) in [5.74, 6) is 6.50. The van der Waals surface area contributed by atoms with E-state index in [0.717, 1.165) is 18.8 Å². The van der Waals surface area contributed by atoms with Crippen LogP contribution >= 0.6 is 0 Å². The highest BCUT2D eigenvalue weighted by atomic mass is 15.2. The average Bonchev–Trinajstić information content (AvgIpc) is 2.46. The number of fused-ring (bicyclic) bond motifs is 1. The molecule has 0 aliphatic heterocycles. The molecule has 2 aromatic rings. The Morgan fingerprint density at radius 2 is 1.75 bits per heavy atom. The van der Waals surface area contributed by atoms with Crippen LogP contribution in [0.1, 0.15) is 38.7 Å². The van der Waals surface area contributed by atoms with Crippen LogP contribution in [0.25, 0.3) is 10.8 Å². The van der Waals surface area contributed by atoms with E-state index in [0.29, 0.717) is 6.04 Å². The Bertz CT molecular complexity index is 528. The highest BCUT2D eigenvalue weighted by molar-refractivity contribution is 5.85. The molecule has 2 heteroatoms. The molecular formula is C18H26N2. The van der Waals surface area contributed by atoms with Crippen molar-refractivity contribution in [3.05, 3.63) is 48.0 Å². The minimum atomic E-state index is 0.361. The molecule has 2 nitrogen and oxygen atoms in total. The van der Waals surface area contributed by atoms with Crippen molar-refractivity contribution in [3.8, 4) is 0 Å². The molecule has 0 fully saturated rings. The minimum Gasteiger partial charge on any atom is -0.271 e. The van der Waals surface area contributed by atoms with E-state index in [1.807, 2.05) is 0 Å². The van der Waals surface area contributed by atoms with Crippen LogP contribution in [-0.2, 0) is 6.42 Å². The SMILES string of the molecule is CC(C)CCCC(Cc1cccc2ccccc12)NN. The third kappa shape index (κ3) is 4.06. The number of nitrogens with two attached hydrogens (primary N) is 1. The van der Waals surface area contributed by atoms with Gasteiger partial charge in [-0.05, 0) is 35.1 Å². The van der Waals surface area contributed by atoms with Crippen molar-refractivity contribution in [1.82, 2.24) is 5.43 Å². The summed E-state index contributed by atoms with van der Waals surface area (Å²) in [5.41, 5.74) is 4.37. The maximum absolute atomic E-state index is 5.73. The Labute approximate surface area is 122 Å². The summed E-state index contributed by atoms with van der Waals surface area (Å²) < 4.78 is 0. The zero-order valence-corrected chi connectivity index (χ0v) is 12.6. The molecule has 108 valence electrons. The highest BCUT2D eigenvalue weighted by Gasteiger charge is 2.10. The lowest BCUT2D eigenvalue weighted by Crippen LogP contribution is -2.36. The standard InChI is InChI=1S/C18H26N2/c1-14(2)7-5-11-17(20-19)13-16-10-6-9-15-8-3-4-12-18(15)16/h3-4,6,8-10,12,14,17,20H,5,7,11,13,19H2,1-2H3. The molecule has 0 aromatic heterocycles. The van der Waals surface area contributed by atoms with Gasteiger partial charge in [-0.2, -0.15) is 0 Å². The number of benzene rings is 2. The van der Waals surface area contributed by atoms with Crippen molar-refractivity contribution in [2.45, 2.75) is 45.6 Å². The second-order valence-electron chi connectivity index (χ2n) is 6.03. The summed E-state index contributed by atoms with van der Waals surface area (Å²) in [6, 6.07) is 15.5. The summed E-state index contributed by atoms with van der Waals surface area (Å²) in [6.07, 6.45) is 4.64. The molecule has 0 spiro atoms. The topological polar surface area (TPSA) is 38.0 Å². The number of hydrogen-bond donors (Lipinski definition) is 2. The summed E-state index contributed by atoms with van der Waals surface area (Å²) in [6.45, 7) is 4.55. The van der Waals surface area contributed by atoms with Crippen LogP contribution in [0.4, 0.5) is 0 Å². The Balaban J connectivity index is 2.05. The molecule has 2 aromatic carbocycles. The van der Waals surface area contributed by atoms with Gasteiger partial charge in [0, 0.05) is 6.04 Å². The van der Waals surface area contributed by atoms with Gasteiger partial charge in [-0.25, -0.2) is 0 Å². The van der Waals surface area contributed by atoms with Gasteiger partial charge in [-0.1, -0.05) is 69.2 Å². The van der Waals surface area contributed by atoms with E-state index < -0.39 is 0 Å². The van der Waals surface area contributed by atoms with E-state index in [2.05, 4.69) is 61.7 Å². The van der Waals surface area contributed by atoms with E-state index in [1.54, 1.807) is 0 Å². The molecule has 1 unspecified atom stereocenters. The van der Waals surface area contributed by atoms with E-state index >= 15 is 0 Å². The van der Waals surface area contributed by atoms with Crippen molar-refractivity contribution in [2.75, 3.05) is 0 Å². The van der Waals surface area contributed by atoms with Crippen LogP contribution in [0.5, 0.6) is 0 Å². The van der Waals surface area contributed by atoms with E-state index in [1.165, 1.54) is 29.2 Å². The molecule has 0 saturated carbocycles. The van der Waals surface area contributed by atoms with E-state index in [-0.39, 0.29) is 0 Å². The smallest absolute Gasteiger partial charge is 0.0251 e. The maximum Gasteiger partial charge on any atom is 0.0251 e. The predicted molar refractivity (Wildman–Crippen MR) is 87.5 cm³/mol. The number of nitrogens with one attached hydrogen (secondary N) is 1. The largest absolute Gasteiger partial charge is 0.271 e. The first-order valence-electron chi connectivity index (χ1n) is 7.63. The molecule has 0 aliphatic rings. The molecule has 3 N–H and O–H groups in total. The molecule has 0 heterocycles. The lowest BCUT2D eigenvalue weighted by molar-refractivity contribution is 0.442. The zero-order chi connectivity index (χ0) is 14.4. The van der Waals surface area contributed by atoms with Crippen molar-refractivity contribution in [2.24, 2.45) is 11.8 Å². The molecule has 0 saturated heterocycles. The summed E-state index contributed by atoms with van der Waals surface area (Å²) >= 11 is 0. The van der Waals surface area contributed by atoms with E-state index in [9.17, 15) is 0 Å². The molecule has 1 atom stereocenters. The van der Waals surface area contributed by atoms with Crippen molar-refractivity contribution in [3.63, 3.8) is 0 Å². The lowest BCUT2D eigenvalue weighted by Gasteiger charge is -2.17. The van der Waals surface area contributed by atoms with Crippen LogP contribution in [0.15, 0.2) is 42.5 Å². The monoisotopic (exact) mass is 270 g/mol. The summed E-state index contributed by atoms with van der Waals surface area (Å²) in [5, 5.41) is 2.65. The molecular weight excluding hydrogens is 244 g/mol. The quantitative estimate of drug-likeness (QED) is 0.588. The van der Waals surface area contributed by atoms with E-state index in [4.69, 9.17) is 5.84 Å². The first kappa shape index (κ1) is 15.0. The predicted octanol–water partition coefficient (Wildman–Crippen LogP) is 4.04. The third-order valence-corrected chi connectivity index (χ3v) is 3.92. The van der Waals surface area contributed by atoms with Gasteiger partial charge < -0.3 is 0 Å².